The molecule has 30 heavy (non-hydrogen) atoms. The van der Waals surface area contributed by atoms with E-state index in [9.17, 15) is 9.90 Å². The van der Waals surface area contributed by atoms with E-state index in [0.29, 0.717) is 45.1 Å². The van der Waals surface area contributed by atoms with Gasteiger partial charge >= 0.3 is 0 Å². The second-order valence-corrected chi connectivity index (χ2v) is 7.25. The molecule has 0 fully saturated rings. The summed E-state index contributed by atoms with van der Waals surface area (Å²) in [5.41, 5.74) is 5.32. The van der Waals surface area contributed by atoms with Crippen LogP contribution < -0.4 is 5.32 Å². The summed E-state index contributed by atoms with van der Waals surface area (Å²) >= 11 is 0. The van der Waals surface area contributed by atoms with Crippen molar-refractivity contribution in [1.82, 2.24) is 29.8 Å². The molecular weight excluding hydrogens is 380 g/mol. The predicted octanol–water partition coefficient (Wildman–Crippen LogP) is 3.08. The number of carbonyl (C=O) groups is 1. The van der Waals surface area contributed by atoms with Gasteiger partial charge in [-0.3, -0.25) is 9.36 Å². The maximum atomic E-state index is 13.1. The van der Waals surface area contributed by atoms with Crippen molar-refractivity contribution < 1.29 is 9.90 Å². The van der Waals surface area contributed by atoms with E-state index in [1.165, 1.54) is 6.33 Å². The molecule has 0 atom stereocenters. The number of aromatic nitrogens is 5. The molecule has 0 bridgehead atoms. The van der Waals surface area contributed by atoms with Crippen molar-refractivity contribution in [1.29, 1.82) is 0 Å². The van der Waals surface area contributed by atoms with Crippen LogP contribution in [0.5, 0.6) is 5.75 Å². The summed E-state index contributed by atoms with van der Waals surface area (Å²) in [6.45, 7) is 5.62. The number of phenolic OH excluding ortho intramolecular Hbond substituents is 1. The fraction of sp³-hybridized carbons (Fsp3) is 0.136. The first-order valence-corrected chi connectivity index (χ1v) is 9.42. The third kappa shape index (κ3) is 2.65. The molecule has 5 rings (SSSR count). The molecule has 148 valence electrons. The SMILES string of the molecule is Cc1nc2c3c(cn(-c4c(C)ccc(O)c4C)c3n1)C(=O)NC(c1ccncn1)=C2. The molecule has 1 aliphatic heterocycles. The maximum absolute atomic E-state index is 13.1. The number of aryl methyl sites for hydroxylation is 2. The van der Waals surface area contributed by atoms with Crippen LogP contribution in [-0.2, 0) is 0 Å². The van der Waals surface area contributed by atoms with E-state index < -0.39 is 0 Å². The molecule has 1 amide bonds. The predicted molar refractivity (Wildman–Crippen MR) is 112 cm³/mol. The molecule has 8 nitrogen and oxygen atoms in total. The monoisotopic (exact) mass is 398 g/mol. The molecule has 0 aliphatic carbocycles. The lowest BCUT2D eigenvalue weighted by Crippen LogP contribution is -2.21. The first-order valence-electron chi connectivity index (χ1n) is 9.42. The zero-order valence-corrected chi connectivity index (χ0v) is 16.6. The zero-order valence-electron chi connectivity index (χ0n) is 16.6. The first kappa shape index (κ1) is 18.0. The smallest absolute Gasteiger partial charge is 0.258 e. The summed E-state index contributed by atoms with van der Waals surface area (Å²) in [7, 11) is 0. The molecule has 0 saturated heterocycles. The van der Waals surface area contributed by atoms with Gasteiger partial charge in [0.1, 0.15) is 23.5 Å². The number of amides is 1. The molecule has 3 aromatic heterocycles. The molecule has 0 saturated carbocycles. The van der Waals surface area contributed by atoms with Crippen LogP contribution in [0.4, 0.5) is 0 Å². The second kappa shape index (κ2) is 6.48. The van der Waals surface area contributed by atoms with E-state index in [0.717, 1.165) is 11.3 Å². The summed E-state index contributed by atoms with van der Waals surface area (Å²) < 4.78 is 1.86. The van der Waals surface area contributed by atoms with Gasteiger partial charge in [0.15, 0.2) is 0 Å². The van der Waals surface area contributed by atoms with Gasteiger partial charge in [-0.1, -0.05) is 6.07 Å². The lowest BCUT2D eigenvalue weighted by molar-refractivity contribution is 0.0975. The van der Waals surface area contributed by atoms with Crippen LogP contribution in [0.15, 0.2) is 36.9 Å². The first-order chi connectivity index (χ1) is 14.4. The van der Waals surface area contributed by atoms with Crippen molar-refractivity contribution >= 4 is 28.7 Å². The number of aromatic hydroxyl groups is 1. The van der Waals surface area contributed by atoms with E-state index in [2.05, 4.69) is 25.3 Å². The largest absolute Gasteiger partial charge is 0.508 e. The van der Waals surface area contributed by atoms with Crippen LogP contribution in [-0.4, -0.2) is 35.5 Å². The Bertz CT molecular complexity index is 1370. The van der Waals surface area contributed by atoms with Gasteiger partial charge in [0.05, 0.1) is 33.7 Å². The van der Waals surface area contributed by atoms with Crippen molar-refractivity contribution in [3.63, 3.8) is 0 Å². The van der Waals surface area contributed by atoms with Crippen molar-refractivity contribution in [3.8, 4) is 11.4 Å². The number of carbonyl (C=O) groups excluding carboxylic acids is 1. The quantitative estimate of drug-likeness (QED) is 0.538. The van der Waals surface area contributed by atoms with E-state index in [1.807, 2.05) is 31.4 Å². The summed E-state index contributed by atoms with van der Waals surface area (Å²) in [5, 5.41) is 13.8. The Hall–Kier alpha value is -4.07. The van der Waals surface area contributed by atoms with E-state index in [-0.39, 0.29) is 11.7 Å². The standard InChI is InChI=1S/C22H18N6O2/c1-11-4-5-18(29)12(2)20(11)28-9-14-19-17(25-13(3)26-21(19)28)8-16(27-22(14)30)15-6-7-23-10-24-15/h4-10,29H,1-3H3,(H,27,30). The summed E-state index contributed by atoms with van der Waals surface area (Å²) in [6, 6.07) is 5.24. The van der Waals surface area contributed by atoms with Gasteiger partial charge in [0, 0.05) is 18.0 Å². The van der Waals surface area contributed by atoms with Gasteiger partial charge in [-0.2, -0.15) is 0 Å². The van der Waals surface area contributed by atoms with Gasteiger partial charge in [-0.05, 0) is 44.5 Å². The number of benzene rings is 1. The number of hydrogen-bond acceptors (Lipinski definition) is 6. The number of nitrogens with one attached hydrogen (secondary N) is 1. The Kier molecular flexibility index (Phi) is 3.89. The Balaban J connectivity index is 1.84. The van der Waals surface area contributed by atoms with Crippen molar-refractivity contribution in [2.75, 3.05) is 0 Å². The number of nitrogens with zero attached hydrogens (tertiary/aromatic N) is 5. The number of phenols is 1. The van der Waals surface area contributed by atoms with Crippen molar-refractivity contribution in [3.05, 3.63) is 70.8 Å². The Labute approximate surface area is 172 Å². The molecule has 4 aromatic rings. The highest BCUT2D eigenvalue weighted by atomic mass is 16.3. The molecule has 2 N–H and O–H groups in total. The highest BCUT2D eigenvalue weighted by Crippen LogP contribution is 2.34. The Morgan fingerprint density at radius 3 is 2.70 bits per heavy atom. The van der Waals surface area contributed by atoms with Gasteiger partial charge in [0.25, 0.3) is 5.91 Å². The van der Waals surface area contributed by atoms with Gasteiger partial charge in [-0.15, -0.1) is 0 Å². The fourth-order valence-corrected chi connectivity index (χ4v) is 3.86. The van der Waals surface area contributed by atoms with E-state index >= 15 is 0 Å². The summed E-state index contributed by atoms with van der Waals surface area (Å²) in [5.74, 6) is 0.490. The van der Waals surface area contributed by atoms with Crippen LogP contribution in [0.25, 0.3) is 28.5 Å². The van der Waals surface area contributed by atoms with Gasteiger partial charge < -0.3 is 10.4 Å². The van der Waals surface area contributed by atoms with Crippen LogP contribution >= 0.6 is 0 Å². The molecule has 4 heterocycles. The second-order valence-electron chi connectivity index (χ2n) is 7.25. The van der Waals surface area contributed by atoms with Crippen LogP contribution in [0.3, 0.4) is 0 Å². The lowest BCUT2D eigenvalue weighted by Gasteiger charge is -2.14. The fourth-order valence-electron chi connectivity index (χ4n) is 3.86. The van der Waals surface area contributed by atoms with E-state index in [1.54, 1.807) is 30.6 Å². The van der Waals surface area contributed by atoms with E-state index in [4.69, 9.17) is 0 Å². The van der Waals surface area contributed by atoms with Crippen molar-refractivity contribution in [2.24, 2.45) is 0 Å². The Morgan fingerprint density at radius 2 is 1.93 bits per heavy atom. The highest BCUT2D eigenvalue weighted by molar-refractivity contribution is 6.14. The third-order valence-corrected chi connectivity index (χ3v) is 5.26. The van der Waals surface area contributed by atoms with Gasteiger partial charge in [0.2, 0.25) is 0 Å². The normalized spacial score (nSPS) is 13.2. The minimum Gasteiger partial charge on any atom is -0.508 e. The number of hydrogen-bond donors (Lipinski definition) is 2. The molecule has 1 aliphatic rings. The molecular formula is C22H18N6O2. The average molecular weight is 398 g/mol. The van der Waals surface area contributed by atoms with Crippen LogP contribution in [0, 0.1) is 20.8 Å². The average Bonchev–Trinajstić information content (AvgIpc) is 3.03. The molecule has 0 radical (unpaired) electrons. The molecule has 0 unspecified atom stereocenters. The Morgan fingerprint density at radius 1 is 1.10 bits per heavy atom. The molecule has 1 aromatic carbocycles. The van der Waals surface area contributed by atoms with Gasteiger partial charge in [-0.25, -0.2) is 19.9 Å². The maximum Gasteiger partial charge on any atom is 0.258 e. The molecule has 0 spiro atoms. The minimum atomic E-state index is -0.273. The summed E-state index contributed by atoms with van der Waals surface area (Å²) in [4.78, 5) is 30.5. The zero-order chi connectivity index (χ0) is 21.0. The topological polar surface area (TPSA) is 106 Å². The number of rotatable bonds is 2. The third-order valence-electron chi connectivity index (χ3n) is 5.26. The highest BCUT2D eigenvalue weighted by Gasteiger charge is 2.26. The van der Waals surface area contributed by atoms with Crippen LogP contribution in [0.1, 0.15) is 38.7 Å². The lowest BCUT2D eigenvalue weighted by atomic mass is 10.1. The summed E-state index contributed by atoms with van der Waals surface area (Å²) in [6.07, 6.45) is 6.61. The minimum absolute atomic E-state index is 0.187. The van der Waals surface area contributed by atoms with Crippen LogP contribution in [0.2, 0.25) is 0 Å². The van der Waals surface area contributed by atoms with Crippen molar-refractivity contribution in [2.45, 2.75) is 20.8 Å². The molecule has 8 heteroatoms.